The molecule has 1 rings (SSSR count). The zero-order chi connectivity index (χ0) is 10.6. The molecule has 0 atom stereocenters. The van der Waals surface area contributed by atoms with Crippen LogP contribution in [0, 0.1) is 0 Å². The Morgan fingerprint density at radius 1 is 1.57 bits per heavy atom. The van der Waals surface area contributed by atoms with E-state index in [9.17, 15) is 5.11 Å². The van der Waals surface area contributed by atoms with E-state index < -0.39 is 0 Å². The lowest BCUT2D eigenvalue weighted by Gasteiger charge is -2.07. The SMILES string of the molecule is CCOc1cc(C=NO)cc(Br)c1O. The van der Waals surface area contributed by atoms with E-state index in [1.54, 1.807) is 12.1 Å². The summed E-state index contributed by atoms with van der Waals surface area (Å²) in [6, 6.07) is 3.21. The molecule has 0 saturated carbocycles. The van der Waals surface area contributed by atoms with E-state index in [2.05, 4.69) is 21.1 Å². The van der Waals surface area contributed by atoms with E-state index in [1.807, 2.05) is 6.92 Å². The van der Waals surface area contributed by atoms with Gasteiger partial charge in [0.05, 0.1) is 17.3 Å². The van der Waals surface area contributed by atoms with Crippen molar-refractivity contribution in [1.82, 2.24) is 0 Å². The molecule has 2 N–H and O–H groups in total. The van der Waals surface area contributed by atoms with Gasteiger partial charge in [0.1, 0.15) is 0 Å². The molecule has 0 amide bonds. The summed E-state index contributed by atoms with van der Waals surface area (Å²) < 4.78 is 5.68. The molecule has 0 bridgehead atoms. The Bertz CT molecular complexity index is 352. The van der Waals surface area contributed by atoms with Gasteiger partial charge in [-0.3, -0.25) is 0 Å². The van der Waals surface area contributed by atoms with Crippen molar-refractivity contribution in [3.63, 3.8) is 0 Å². The van der Waals surface area contributed by atoms with Gasteiger partial charge in [-0.05, 0) is 35.0 Å². The molecule has 0 heterocycles. The minimum absolute atomic E-state index is 0.0435. The average molecular weight is 260 g/mol. The van der Waals surface area contributed by atoms with E-state index >= 15 is 0 Å². The second-order valence-corrected chi connectivity index (χ2v) is 3.38. The first-order chi connectivity index (χ1) is 6.69. The molecule has 0 spiro atoms. The molecule has 0 aromatic heterocycles. The number of phenolic OH excluding ortho intramolecular Hbond substituents is 1. The topological polar surface area (TPSA) is 62.0 Å². The van der Waals surface area contributed by atoms with Crippen LogP contribution in [0.3, 0.4) is 0 Å². The summed E-state index contributed by atoms with van der Waals surface area (Å²) >= 11 is 3.16. The molecular weight excluding hydrogens is 250 g/mol. The van der Waals surface area contributed by atoms with Crippen molar-refractivity contribution in [3.05, 3.63) is 22.2 Å². The maximum atomic E-state index is 9.54. The highest BCUT2D eigenvalue weighted by Gasteiger charge is 2.07. The molecular formula is C9H10BrNO3. The smallest absolute Gasteiger partial charge is 0.172 e. The fraction of sp³-hybridized carbons (Fsp3) is 0.222. The minimum Gasteiger partial charge on any atom is -0.503 e. The second-order valence-electron chi connectivity index (χ2n) is 2.53. The van der Waals surface area contributed by atoms with E-state index in [-0.39, 0.29) is 5.75 Å². The number of benzene rings is 1. The number of hydrogen-bond acceptors (Lipinski definition) is 4. The van der Waals surface area contributed by atoms with Crippen LogP contribution in [0.5, 0.6) is 11.5 Å². The molecule has 0 aliphatic rings. The molecule has 76 valence electrons. The molecule has 0 fully saturated rings. The van der Waals surface area contributed by atoms with E-state index in [1.165, 1.54) is 6.21 Å². The van der Waals surface area contributed by atoms with Crippen LogP contribution in [0.15, 0.2) is 21.8 Å². The summed E-state index contributed by atoms with van der Waals surface area (Å²) in [6.07, 6.45) is 1.26. The Morgan fingerprint density at radius 2 is 2.29 bits per heavy atom. The van der Waals surface area contributed by atoms with Crippen LogP contribution in [0.4, 0.5) is 0 Å². The van der Waals surface area contributed by atoms with Gasteiger partial charge in [0.25, 0.3) is 0 Å². The lowest BCUT2D eigenvalue weighted by atomic mass is 10.2. The van der Waals surface area contributed by atoms with Gasteiger partial charge in [0.2, 0.25) is 0 Å². The Kier molecular flexibility index (Phi) is 3.76. The van der Waals surface area contributed by atoms with Gasteiger partial charge in [-0.2, -0.15) is 0 Å². The standard InChI is InChI=1S/C9H10BrNO3/c1-2-14-8-4-6(5-11-13)3-7(10)9(8)12/h3-5,12-13H,2H2,1H3. The van der Waals surface area contributed by atoms with Crippen molar-refractivity contribution >= 4 is 22.1 Å². The quantitative estimate of drug-likeness (QED) is 0.498. The summed E-state index contributed by atoms with van der Waals surface area (Å²) in [5.74, 6) is 0.402. The highest BCUT2D eigenvalue weighted by Crippen LogP contribution is 2.34. The summed E-state index contributed by atoms with van der Waals surface area (Å²) in [5, 5.41) is 20.8. The molecule has 0 saturated heterocycles. The predicted octanol–water partition coefficient (Wildman–Crippen LogP) is 2.36. The zero-order valence-electron chi connectivity index (χ0n) is 7.57. The van der Waals surface area contributed by atoms with Gasteiger partial charge in [-0.25, -0.2) is 0 Å². The fourth-order valence-corrected chi connectivity index (χ4v) is 1.46. The Morgan fingerprint density at radius 3 is 2.86 bits per heavy atom. The van der Waals surface area contributed by atoms with Crippen molar-refractivity contribution in [2.75, 3.05) is 6.61 Å². The van der Waals surface area contributed by atoms with Crippen molar-refractivity contribution in [2.24, 2.45) is 5.16 Å². The summed E-state index contributed by atoms with van der Waals surface area (Å²) in [6.45, 7) is 2.28. The van der Waals surface area contributed by atoms with Gasteiger partial charge in [-0.15, -0.1) is 0 Å². The highest BCUT2D eigenvalue weighted by molar-refractivity contribution is 9.10. The third-order valence-electron chi connectivity index (χ3n) is 1.56. The number of hydrogen-bond donors (Lipinski definition) is 2. The normalized spacial score (nSPS) is 10.7. The molecule has 0 aliphatic heterocycles. The highest BCUT2D eigenvalue weighted by atomic mass is 79.9. The maximum Gasteiger partial charge on any atom is 0.172 e. The first-order valence-corrected chi connectivity index (χ1v) is 4.81. The number of halogens is 1. The molecule has 14 heavy (non-hydrogen) atoms. The molecule has 1 aromatic rings. The monoisotopic (exact) mass is 259 g/mol. The van der Waals surface area contributed by atoms with Crippen molar-refractivity contribution < 1.29 is 15.1 Å². The van der Waals surface area contributed by atoms with E-state index in [0.29, 0.717) is 22.4 Å². The number of aromatic hydroxyl groups is 1. The van der Waals surface area contributed by atoms with Gasteiger partial charge >= 0.3 is 0 Å². The summed E-state index contributed by atoms with van der Waals surface area (Å²) in [5.41, 5.74) is 0.639. The molecule has 4 nitrogen and oxygen atoms in total. The second kappa shape index (κ2) is 4.85. The van der Waals surface area contributed by atoms with Crippen LogP contribution in [-0.2, 0) is 0 Å². The van der Waals surface area contributed by atoms with Crippen LogP contribution in [0.25, 0.3) is 0 Å². The van der Waals surface area contributed by atoms with Crippen molar-refractivity contribution in [2.45, 2.75) is 6.92 Å². The van der Waals surface area contributed by atoms with E-state index in [0.717, 1.165) is 0 Å². The number of phenols is 1. The van der Waals surface area contributed by atoms with Gasteiger partial charge in [-0.1, -0.05) is 5.16 Å². The average Bonchev–Trinajstić information content (AvgIpc) is 2.14. The Balaban J connectivity index is 3.13. The Hall–Kier alpha value is -1.23. The van der Waals surface area contributed by atoms with Crippen molar-refractivity contribution in [3.8, 4) is 11.5 Å². The lowest BCUT2D eigenvalue weighted by molar-refractivity contribution is 0.316. The molecule has 5 heteroatoms. The van der Waals surface area contributed by atoms with Gasteiger partial charge in [0.15, 0.2) is 11.5 Å². The number of nitrogens with zero attached hydrogens (tertiary/aromatic N) is 1. The number of ether oxygens (including phenoxy) is 1. The summed E-state index contributed by atoms with van der Waals surface area (Å²) in [4.78, 5) is 0. The van der Waals surface area contributed by atoms with Crippen LogP contribution >= 0.6 is 15.9 Å². The zero-order valence-corrected chi connectivity index (χ0v) is 9.15. The first-order valence-electron chi connectivity index (χ1n) is 4.01. The lowest BCUT2D eigenvalue weighted by Crippen LogP contribution is -1.94. The third-order valence-corrected chi connectivity index (χ3v) is 2.16. The number of oxime groups is 1. The first kappa shape index (κ1) is 10.8. The third kappa shape index (κ3) is 2.38. The van der Waals surface area contributed by atoms with Gasteiger partial charge < -0.3 is 15.1 Å². The molecule has 0 radical (unpaired) electrons. The predicted molar refractivity (Wildman–Crippen MR) is 56.4 cm³/mol. The largest absolute Gasteiger partial charge is 0.503 e. The Labute approximate surface area is 89.9 Å². The van der Waals surface area contributed by atoms with Crippen LogP contribution < -0.4 is 4.74 Å². The van der Waals surface area contributed by atoms with Crippen LogP contribution in [0.1, 0.15) is 12.5 Å². The van der Waals surface area contributed by atoms with Crippen LogP contribution in [-0.4, -0.2) is 23.1 Å². The minimum atomic E-state index is 0.0435. The molecule has 1 aromatic carbocycles. The maximum absolute atomic E-state index is 9.54. The van der Waals surface area contributed by atoms with Gasteiger partial charge in [0, 0.05) is 5.56 Å². The fourth-order valence-electron chi connectivity index (χ4n) is 1.00. The van der Waals surface area contributed by atoms with E-state index in [4.69, 9.17) is 9.94 Å². The number of rotatable bonds is 3. The molecule has 0 aliphatic carbocycles. The molecule has 0 unspecified atom stereocenters. The summed E-state index contributed by atoms with van der Waals surface area (Å²) in [7, 11) is 0. The van der Waals surface area contributed by atoms with Crippen molar-refractivity contribution in [1.29, 1.82) is 0 Å². The van der Waals surface area contributed by atoms with Crippen LogP contribution in [0.2, 0.25) is 0 Å².